The first-order chi connectivity index (χ1) is 15.1. The summed E-state index contributed by atoms with van der Waals surface area (Å²) >= 11 is 0. The van der Waals surface area contributed by atoms with Crippen LogP contribution in [0.4, 0.5) is 14.9 Å². The van der Waals surface area contributed by atoms with Crippen LogP contribution >= 0.6 is 0 Å². The normalized spacial score (nSPS) is 13.8. The summed E-state index contributed by atoms with van der Waals surface area (Å²) in [4.78, 5) is 32.6. The average molecular weight is 422 g/mol. The lowest BCUT2D eigenvalue weighted by Gasteiger charge is -2.34. The zero-order chi connectivity index (χ0) is 21.6. The van der Waals surface area contributed by atoms with E-state index in [2.05, 4.69) is 10.3 Å². The highest BCUT2D eigenvalue weighted by atomic mass is 19.1. The maximum Gasteiger partial charge on any atom is 0.321 e. The van der Waals surface area contributed by atoms with Crippen LogP contribution in [0.5, 0.6) is 0 Å². The van der Waals surface area contributed by atoms with Crippen molar-refractivity contribution in [1.29, 1.82) is 0 Å². The monoisotopic (exact) mass is 422 g/mol. The Bertz CT molecular complexity index is 1030. The average Bonchev–Trinajstić information content (AvgIpc) is 3.29. The van der Waals surface area contributed by atoms with Crippen molar-refractivity contribution in [2.75, 3.05) is 31.5 Å². The van der Waals surface area contributed by atoms with Crippen molar-refractivity contribution in [2.45, 2.75) is 12.8 Å². The highest BCUT2D eigenvalue weighted by Crippen LogP contribution is 2.20. The van der Waals surface area contributed by atoms with E-state index >= 15 is 0 Å². The molecule has 160 valence electrons. The molecule has 4 rings (SSSR count). The van der Waals surface area contributed by atoms with Crippen molar-refractivity contribution in [3.8, 4) is 11.3 Å². The molecule has 1 aromatic heterocycles. The van der Waals surface area contributed by atoms with E-state index in [1.54, 1.807) is 16.0 Å². The van der Waals surface area contributed by atoms with E-state index in [0.29, 0.717) is 56.4 Å². The number of nitrogens with zero attached hydrogens (tertiary/aromatic N) is 3. The van der Waals surface area contributed by atoms with Gasteiger partial charge in [0.25, 0.3) is 0 Å². The molecule has 2 aromatic carbocycles. The Balaban J connectivity index is 1.23. The Labute approximate surface area is 179 Å². The van der Waals surface area contributed by atoms with Gasteiger partial charge in [0, 0.05) is 50.3 Å². The van der Waals surface area contributed by atoms with Gasteiger partial charge in [0.1, 0.15) is 5.82 Å². The van der Waals surface area contributed by atoms with E-state index < -0.39 is 0 Å². The van der Waals surface area contributed by atoms with E-state index in [4.69, 9.17) is 4.42 Å². The molecule has 1 aliphatic heterocycles. The highest BCUT2D eigenvalue weighted by Gasteiger charge is 2.24. The molecular weight excluding hydrogens is 399 g/mol. The smallest absolute Gasteiger partial charge is 0.321 e. The van der Waals surface area contributed by atoms with E-state index in [0.717, 1.165) is 5.56 Å². The summed E-state index contributed by atoms with van der Waals surface area (Å²) in [6.45, 7) is 1.82. The summed E-state index contributed by atoms with van der Waals surface area (Å²) in [5, 5.41) is 2.74. The second-order valence-electron chi connectivity index (χ2n) is 7.29. The van der Waals surface area contributed by atoms with Gasteiger partial charge in [-0.15, -0.1) is 0 Å². The van der Waals surface area contributed by atoms with Crippen molar-refractivity contribution in [3.63, 3.8) is 0 Å². The Hall–Kier alpha value is -3.68. The molecule has 3 amide bonds. The molecule has 0 spiro atoms. The third-order valence-electron chi connectivity index (χ3n) is 5.18. The number of rotatable bonds is 5. The molecule has 0 saturated carbocycles. The lowest BCUT2D eigenvalue weighted by molar-refractivity contribution is -0.132. The summed E-state index contributed by atoms with van der Waals surface area (Å²) in [5.74, 6) is 0.873. The summed E-state index contributed by atoms with van der Waals surface area (Å²) in [6.07, 6.45) is 2.40. The van der Waals surface area contributed by atoms with Gasteiger partial charge in [-0.25, -0.2) is 14.2 Å². The standard InChI is InChI=1S/C23H23FN4O3/c24-18-6-8-19(9-7-18)26-23(30)28-14-12-27(13-15-28)22(29)11-10-21-25-16-20(31-21)17-4-2-1-3-5-17/h1-9,16H,10-15H2,(H,26,30). The Morgan fingerprint density at radius 3 is 2.35 bits per heavy atom. The predicted molar refractivity (Wildman–Crippen MR) is 114 cm³/mol. The molecule has 1 N–H and O–H groups in total. The van der Waals surface area contributed by atoms with Gasteiger partial charge in [-0.05, 0) is 24.3 Å². The molecule has 0 aliphatic carbocycles. The number of hydrogen-bond donors (Lipinski definition) is 1. The summed E-state index contributed by atoms with van der Waals surface area (Å²) in [5.41, 5.74) is 1.48. The lowest BCUT2D eigenvalue weighted by Crippen LogP contribution is -2.51. The van der Waals surface area contributed by atoms with Gasteiger partial charge in [0.05, 0.1) is 6.20 Å². The van der Waals surface area contributed by atoms with Crippen LogP contribution in [0.25, 0.3) is 11.3 Å². The van der Waals surface area contributed by atoms with Gasteiger partial charge in [0.15, 0.2) is 11.7 Å². The number of hydrogen-bond acceptors (Lipinski definition) is 4. The van der Waals surface area contributed by atoms with Gasteiger partial charge in [-0.1, -0.05) is 30.3 Å². The molecule has 7 nitrogen and oxygen atoms in total. The van der Waals surface area contributed by atoms with Gasteiger partial charge in [0.2, 0.25) is 5.91 Å². The maximum absolute atomic E-state index is 13.0. The minimum atomic E-state index is -0.355. The Morgan fingerprint density at radius 2 is 1.65 bits per heavy atom. The van der Waals surface area contributed by atoms with Crippen LogP contribution in [0.2, 0.25) is 0 Å². The van der Waals surface area contributed by atoms with Crippen molar-refractivity contribution < 1.29 is 18.4 Å². The molecule has 3 aromatic rings. The van der Waals surface area contributed by atoms with Gasteiger partial charge < -0.3 is 19.5 Å². The summed E-state index contributed by atoms with van der Waals surface area (Å²) in [7, 11) is 0. The second kappa shape index (κ2) is 9.42. The van der Waals surface area contributed by atoms with Crippen molar-refractivity contribution in [2.24, 2.45) is 0 Å². The van der Waals surface area contributed by atoms with Crippen LogP contribution in [0.3, 0.4) is 0 Å². The van der Waals surface area contributed by atoms with E-state index in [9.17, 15) is 14.0 Å². The first-order valence-corrected chi connectivity index (χ1v) is 10.2. The van der Waals surface area contributed by atoms with Crippen molar-refractivity contribution in [1.82, 2.24) is 14.8 Å². The number of aryl methyl sites for hydroxylation is 1. The van der Waals surface area contributed by atoms with Gasteiger partial charge in [-0.3, -0.25) is 4.79 Å². The molecule has 0 atom stereocenters. The van der Waals surface area contributed by atoms with Gasteiger partial charge >= 0.3 is 6.03 Å². The van der Waals surface area contributed by atoms with Crippen LogP contribution in [0, 0.1) is 5.82 Å². The SMILES string of the molecule is O=C(CCc1ncc(-c2ccccc2)o1)N1CCN(C(=O)Nc2ccc(F)cc2)CC1. The van der Waals surface area contributed by atoms with Crippen molar-refractivity contribution in [3.05, 3.63) is 72.5 Å². The number of nitrogens with one attached hydrogen (secondary N) is 1. The third-order valence-corrected chi connectivity index (χ3v) is 5.18. The second-order valence-corrected chi connectivity index (χ2v) is 7.29. The number of urea groups is 1. The quantitative estimate of drug-likeness (QED) is 0.679. The number of aromatic nitrogens is 1. The van der Waals surface area contributed by atoms with Crippen LogP contribution in [0.15, 0.2) is 65.2 Å². The fraction of sp³-hybridized carbons (Fsp3) is 0.261. The van der Waals surface area contributed by atoms with Crippen molar-refractivity contribution >= 4 is 17.6 Å². The number of carbonyl (C=O) groups is 2. The first kappa shape index (κ1) is 20.6. The number of amides is 3. The summed E-state index contributed by atoms with van der Waals surface area (Å²) in [6, 6.07) is 15.0. The fourth-order valence-corrected chi connectivity index (χ4v) is 3.43. The minimum Gasteiger partial charge on any atom is -0.441 e. The molecule has 1 saturated heterocycles. The Morgan fingerprint density at radius 1 is 0.968 bits per heavy atom. The molecule has 1 fully saturated rings. The van der Waals surface area contributed by atoms with Crippen LogP contribution in [-0.2, 0) is 11.2 Å². The topological polar surface area (TPSA) is 78.7 Å². The molecule has 1 aliphatic rings. The first-order valence-electron chi connectivity index (χ1n) is 10.2. The summed E-state index contributed by atoms with van der Waals surface area (Å²) < 4.78 is 18.7. The number of carbonyl (C=O) groups excluding carboxylic acids is 2. The van der Waals surface area contributed by atoms with Crippen LogP contribution < -0.4 is 5.32 Å². The van der Waals surface area contributed by atoms with Crippen LogP contribution in [0.1, 0.15) is 12.3 Å². The molecular formula is C23H23FN4O3. The van der Waals surface area contributed by atoms with E-state index in [1.165, 1.54) is 24.3 Å². The molecule has 8 heteroatoms. The molecule has 0 unspecified atom stereocenters. The zero-order valence-corrected chi connectivity index (χ0v) is 17.0. The number of oxazole rings is 1. The fourth-order valence-electron chi connectivity index (χ4n) is 3.43. The zero-order valence-electron chi connectivity index (χ0n) is 17.0. The predicted octanol–water partition coefficient (Wildman–Crippen LogP) is 3.79. The van der Waals surface area contributed by atoms with Crippen LogP contribution in [-0.4, -0.2) is 52.9 Å². The lowest BCUT2D eigenvalue weighted by atomic mass is 10.2. The molecule has 2 heterocycles. The van der Waals surface area contributed by atoms with E-state index in [-0.39, 0.29) is 17.8 Å². The molecule has 0 radical (unpaired) electrons. The molecule has 0 bridgehead atoms. The molecule has 31 heavy (non-hydrogen) atoms. The third kappa shape index (κ3) is 5.28. The van der Waals surface area contributed by atoms with Gasteiger partial charge in [-0.2, -0.15) is 0 Å². The van der Waals surface area contributed by atoms with E-state index in [1.807, 2.05) is 30.3 Å². The minimum absolute atomic E-state index is 0.0121. The maximum atomic E-state index is 13.0. The number of anilines is 1. The highest BCUT2D eigenvalue weighted by molar-refractivity contribution is 5.89. The Kier molecular flexibility index (Phi) is 6.26. The number of halogens is 1. The number of benzene rings is 2. The largest absolute Gasteiger partial charge is 0.441 e. The number of piperazine rings is 1.